The van der Waals surface area contributed by atoms with E-state index in [1.54, 1.807) is 24.4 Å². The molecule has 2 aromatic carbocycles. The van der Waals surface area contributed by atoms with Crippen LogP contribution in [0.1, 0.15) is 21.9 Å². The van der Waals surface area contributed by atoms with E-state index in [-0.39, 0.29) is 5.56 Å². The predicted octanol–water partition coefficient (Wildman–Crippen LogP) is 4.29. The summed E-state index contributed by atoms with van der Waals surface area (Å²) in [5.41, 5.74) is 2.46. The zero-order valence-corrected chi connectivity index (χ0v) is 14.2. The summed E-state index contributed by atoms with van der Waals surface area (Å²) in [6, 6.07) is 12.7. The monoisotopic (exact) mass is 351 g/mol. The third-order valence-electron chi connectivity index (χ3n) is 4.30. The molecule has 4 rings (SSSR count). The number of nitrogens with zero attached hydrogens (tertiary/aromatic N) is 3. The highest BCUT2D eigenvalue weighted by molar-refractivity contribution is 6.36. The van der Waals surface area contributed by atoms with Crippen molar-refractivity contribution in [2.45, 2.75) is 13.5 Å². The fourth-order valence-electron chi connectivity index (χ4n) is 3.00. The molecule has 25 heavy (non-hydrogen) atoms. The second kappa shape index (κ2) is 5.86. The first kappa shape index (κ1) is 15.6. The van der Waals surface area contributed by atoms with Crippen molar-refractivity contribution in [1.29, 1.82) is 0 Å². The third kappa shape index (κ3) is 2.62. The topological polar surface area (TPSA) is 68.0 Å². The van der Waals surface area contributed by atoms with Crippen LogP contribution >= 0.6 is 11.6 Å². The van der Waals surface area contributed by atoms with Crippen molar-refractivity contribution >= 4 is 39.4 Å². The van der Waals surface area contributed by atoms with Crippen LogP contribution in [-0.4, -0.2) is 25.6 Å². The van der Waals surface area contributed by atoms with E-state index in [1.165, 1.54) is 0 Å². The molecule has 0 fully saturated rings. The summed E-state index contributed by atoms with van der Waals surface area (Å²) < 4.78 is 1.94. The highest BCUT2D eigenvalue weighted by Crippen LogP contribution is 2.27. The molecule has 0 saturated heterocycles. The Kier molecular flexibility index (Phi) is 3.66. The summed E-state index contributed by atoms with van der Waals surface area (Å²) >= 11 is 6.55. The fraction of sp³-hybridized carbons (Fsp3) is 0.105. The molecule has 124 valence electrons. The van der Waals surface area contributed by atoms with Crippen LogP contribution in [0.5, 0.6) is 0 Å². The lowest BCUT2D eigenvalue weighted by Crippen LogP contribution is -2.05. The summed E-state index contributed by atoms with van der Waals surface area (Å²) in [6.45, 7) is 2.31. The SMILES string of the molecule is Cc1nc2ccc(C(=O)O)cc2n1Cc1ncc2ccccc2c1Cl. The molecule has 0 aliphatic rings. The maximum absolute atomic E-state index is 11.3. The molecule has 1 N–H and O–H groups in total. The maximum atomic E-state index is 11.3. The van der Waals surface area contributed by atoms with Crippen LogP contribution in [0.3, 0.4) is 0 Å². The number of hydrogen-bond acceptors (Lipinski definition) is 3. The van der Waals surface area contributed by atoms with Gasteiger partial charge in [-0.15, -0.1) is 0 Å². The quantitative estimate of drug-likeness (QED) is 0.597. The van der Waals surface area contributed by atoms with Gasteiger partial charge in [0.2, 0.25) is 0 Å². The largest absolute Gasteiger partial charge is 0.478 e. The van der Waals surface area contributed by atoms with Gasteiger partial charge < -0.3 is 9.67 Å². The molecular weight excluding hydrogens is 338 g/mol. The van der Waals surface area contributed by atoms with Gasteiger partial charge in [0, 0.05) is 17.0 Å². The molecule has 0 amide bonds. The van der Waals surface area contributed by atoms with Crippen molar-refractivity contribution in [3.8, 4) is 0 Å². The number of carboxylic acids is 1. The normalized spacial score (nSPS) is 11.3. The van der Waals surface area contributed by atoms with Crippen LogP contribution in [0.4, 0.5) is 0 Å². The summed E-state index contributed by atoms with van der Waals surface area (Å²) in [4.78, 5) is 20.2. The Bertz CT molecular complexity index is 1130. The first-order chi connectivity index (χ1) is 12.0. The van der Waals surface area contributed by atoms with Crippen LogP contribution in [0.15, 0.2) is 48.7 Å². The van der Waals surface area contributed by atoms with Gasteiger partial charge in [0.1, 0.15) is 5.82 Å². The van der Waals surface area contributed by atoms with Gasteiger partial charge in [-0.05, 0) is 25.1 Å². The molecule has 5 nitrogen and oxygen atoms in total. The fourth-order valence-corrected chi connectivity index (χ4v) is 3.29. The summed E-state index contributed by atoms with van der Waals surface area (Å²) in [6.07, 6.45) is 1.80. The van der Waals surface area contributed by atoms with Crippen molar-refractivity contribution in [2.75, 3.05) is 0 Å². The highest BCUT2D eigenvalue weighted by atomic mass is 35.5. The highest BCUT2D eigenvalue weighted by Gasteiger charge is 2.14. The van der Waals surface area contributed by atoms with Crippen LogP contribution < -0.4 is 0 Å². The zero-order chi connectivity index (χ0) is 17.6. The Balaban J connectivity index is 1.85. The molecule has 0 atom stereocenters. The average molecular weight is 352 g/mol. The van der Waals surface area contributed by atoms with Crippen molar-refractivity contribution in [3.63, 3.8) is 0 Å². The molecule has 0 aliphatic carbocycles. The van der Waals surface area contributed by atoms with Gasteiger partial charge in [-0.1, -0.05) is 35.9 Å². The molecule has 2 heterocycles. The van der Waals surface area contributed by atoms with Crippen LogP contribution in [0.2, 0.25) is 5.02 Å². The minimum atomic E-state index is -0.964. The second-order valence-electron chi connectivity index (χ2n) is 5.86. The predicted molar refractivity (Wildman–Crippen MR) is 97.3 cm³/mol. The molecule has 0 radical (unpaired) electrons. The maximum Gasteiger partial charge on any atom is 0.335 e. The van der Waals surface area contributed by atoms with E-state index in [1.807, 2.05) is 35.8 Å². The summed E-state index contributed by atoms with van der Waals surface area (Å²) in [7, 11) is 0. The molecule has 0 spiro atoms. The molecule has 0 bridgehead atoms. The third-order valence-corrected chi connectivity index (χ3v) is 4.73. The molecule has 0 saturated carbocycles. The van der Waals surface area contributed by atoms with Crippen molar-refractivity contribution < 1.29 is 9.90 Å². The summed E-state index contributed by atoms with van der Waals surface area (Å²) in [5, 5.41) is 11.8. The Hall–Kier alpha value is -2.92. The molecule has 0 unspecified atom stereocenters. The second-order valence-corrected chi connectivity index (χ2v) is 6.24. The molecule has 2 aromatic heterocycles. The van der Waals surface area contributed by atoms with Gasteiger partial charge in [0.05, 0.1) is 33.9 Å². The number of carbonyl (C=O) groups is 1. The van der Waals surface area contributed by atoms with E-state index >= 15 is 0 Å². The molecular formula is C19H14ClN3O2. The number of fused-ring (bicyclic) bond motifs is 2. The van der Waals surface area contributed by atoms with Gasteiger partial charge in [-0.3, -0.25) is 4.98 Å². The van der Waals surface area contributed by atoms with Crippen molar-refractivity contribution in [3.05, 3.63) is 70.8 Å². The molecule has 0 aliphatic heterocycles. The Labute approximate surface area is 148 Å². The first-order valence-corrected chi connectivity index (χ1v) is 8.14. The van der Waals surface area contributed by atoms with E-state index in [9.17, 15) is 9.90 Å². The van der Waals surface area contributed by atoms with Crippen LogP contribution in [0, 0.1) is 6.92 Å². The van der Waals surface area contributed by atoms with Gasteiger partial charge in [-0.2, -0.15) is 0 Å². The van der Waals surface area contributed by atoms with Crippen molar-refractivity contribution in [1.82, 2.24) is 14.5 Å². The smallest absolute Gasteiger partial charge is 0.335 e. The average Bonchev–Trinajstić information content (AvgIpc) is 2.92. The van der Waals surface area contributed by atoms with Crippen LogP contribution in [0.25, 0.3) is 21.8 Å². The number of carboxylic acid groups (broad SMARTS) is 1. The number of halogens is 1. The van der Waals surface area contributed by atoms with E-state index < -0.39 is 5.97 Å². The summed E-state index contributed by atoms with van der Waals surface area (Å²) in [5.74, 6) is -0.183. The lowest BCUT2D eigenvalue weighted by atomic mass is 10.1. The van der Waals surface area contributed by atoms with E-state index in [0.29, 0.717) is 11.6 Å². The van der Waals surface area contributed by atoms with Gasteiger partial charge in [0.15, 0.2) is 0 Å². The first-order valence-electron chi connectivity index (χ1n) is 7.77. The zero-order valence-electron chi connectivity index (χ0n) is 13.4. The number of benzene rings is 2. The Morgan fingerprint density at radius 1 is 1.24 bits per heavy atom. The number of rotatable bonds is 3. The number of aromatic carboxylic acids is 1. The Morgan fingerprint density at radius 2 is 2.04 bits per heavy atom. The lowest BCUT2D eigenvalue weighted by molar-refractivity contribution is 0.0697. The van der Waals surface area contributed by atoms with Crippen molar-refractivity contribution in [2.24, 2.45) is 0 Å². The molecule has 6 heteroatoms. The lowest BCUT2D eigenvalue weighted by Gasteiger charge is -2.10. The van der Waals surface area contributed by atoms with E-state index in [0.717, 1.165) is 33.3 Å². The van der Waals surface area contributed by atoms with E-state index in [4.69, 9.17) is 11.6 Å². The standard InChI is InChI=1S/C19H14ClN3O2/c1-11-22-15-7-6-12(19(24)25)8-17(15)23(11)10-16-18(20)14-5-3-2-4-13(14)9-21-16/h2-9H,10H2,1H3,(H,24,25). The molecule has 4 aromatic rings. The van der Waals surface area contributed by atoms with Crippen LogP contribution in [-0.2, 0) is 6.54 Å². The number of hydrogen-bond donors (Lipinski definition) is 1. The number of pyridine rings is 1. The Morgan fingerprint density at radius 3 is 2.84 bits per heavy atom. The van der Waals surface area contributed by atoms with Gasteiger partial charge in [0.25, 0.3) is 0 Å². The minimum absolute atomic E-state index is 0.228. The number of aryl methyl sites for hydroxylation is 1. The number of aromatic nitrogens is 3. The van der Waals surface area contributed by atoms with E-state index in [2.05, 4.69) is 9.97 Å². The van der Waals surface area contributed by atoms with Gasteiger partial charge in [-0.25, -0.2) is 9.78 Å². The number of imidazole rings is 1. The van der Waals surface area contributed by atoms with Gasteiger partial charge >= 0.3 is 5.97 Å². The minimum Gasteiger partial charge on any atom is -0.478 e.